The summed E-state index contributed by atoms with van der Waals surface area (Å²) in [6.45, 7) is 21.4. The minimum atomic E-state index is -2.86. The molecule has 0 fully saturated rings. The molecule has 0 aromatic carbocycles. The molecule has 4 amide bonds. The van der Waals surface area contributed by atoms with Gasteiger partial charge in [0.1, 0.15) is 0 Å². The Morgan fingerprint density at radius 3 is 1.22 bits per heavy atom. The minimum Gasteiger partial charge on any atom is -0.274 e. The Bertz CT molecular complexity index is 4040. The topological polar surface area (TPSA) is 74.8 Å². The Hall–Kier alpha value is -3.69. The number of hydrogen-bond donors (Lipinski definition) is 0. The zero-order chi connectivity index (χ0) is 67.3. The van der Waals surface area contributed by atoms with Crippen LogP contribution in [0.2, 0.25) is 12.1 Å². The highest BCUT2D eigenvalue weighted by molar-refractivity contribution is 7.41. The van der Waals surface area contributed by atoms with Gasteiger partial charge in [0, 0.05) is 75.7 Å². The molecule has 0 radical (unpaired) electrons. The molecule has 0 saturated carbocycles. The maximum atomic E-state index is 15.8. The van der Waals surface area contributed by atoms with Gasteiger partial charge >= 0.3 is 0 Å². The van der Waals surface area contributed by atoms with Crippen LogP contribution in [0.15, 0.2) is 48.5 Å². The number of amides is 4. The first-order valence-corrected chi connectivity index (χ1v) is 48.5. The normalized spacial score (nSPS) is 17.3. The molecule has 6 nitrogen and oxygen atoms in total. The summed E-state index contributed by atoms with van der Waals surface area (Å²) in [5, 5.41) is 6.08. The second-order valence-corrected chi connectivity index (χ2v) is 45.8. The number of rotatable bonds is 40. The Kier molecular flexibility index (Phi) is 24.4. The molecule has 16 heteroatoms. The van der Waals surface area contributed by atoms with Gasteiger partial charge in [0.15, 0.2) is 16.1 Å². The smallest absolute Gasteiger partial charge is 0.263 e. The molecule has 0 N–H and O–H groups in total. The third-order valence-corrected chi connectivity index (χ3v) is 44.1. The molecule has 3 unspecified atom stereocenters. The number of thiophene rings is 8. The van der Waals surface area contributed by atoms with E-state index in [2.05, 4.69) is 115 Å². The van der Waals surface area contributed by atoms with Crippen molar-refractivity contribution >= 4 is 160 Å². The van der Waals surface area contributed by atoms with Crippen molar-refractivity contribution in [3.8, 4) is 48.8 Å². The molecule has 4 aliphatic heterocycles. The molecule has 0 bridgehead atoms. The summed E-state index contributed by atoms with van der Waals surface area (Å²) in [5.41, 5.74) is 2.48. The Morgan fingerprint density at radius 1 is 0.365 bits per heavy atom. The van der Waals surface area contributed by atoms with Crippen molar-refractivity contribution in [3.63, 3.8) is 0 Å². The van der Waals surface area contributed by atoms with Crippen molar-refractivity contribution in [2.75, 3.05) is 13.1 Å². The van der Waals surface area contributed by atoms with Crippen LogP contribution in [0.5, 0.6) is 0 Å². The first-order valence-electron chi connectivity index (χ1n) is 37.6. The first kappa shape index (κ1) is 72.1. The van der Waals surface area contributed by atoms with Gasteiger partial charge in [0.2, 0.25) is 0 Å². The van der Waals surface area contributed by atoms with E-state index < -0.39 is 16.1 Å². The molecule has 0 aliphatic carbocycles. The largest absolute Gasteiger partial charge is 0.274 e. The van der Waals surface area contributed by atoms with Crippen molar-refractivity contribution in [1.29, 1.82) is 0 Å². The molecule has 4 aliphatic rings. The van der Waals surface area contributed by atoms with Gasteiger partial charge in [-0.3, -0.25) is 29.0 Å². The SMILES string of the molecule is CCCCCCCCCC[Si]1(c2ccc(CCCC)s2)c2cc(C)sc2-c2sc(-c3sc(-c4cc5c(s4)-c4sc(-c6sc(C)c7c6C(=O)N(CCCCCCCC)C7=O)cc4[Si]5(CC(CC)CCCC)c4ccc(CCCC)s4)c4c3C(=O)N(CCCCCCCC)C4=O)cc21. The van der Waals surface area contributed by atoms with Crippen LogP contribution in [0.3, 0.4) is 0 Å². The molecular weight excluding hydrogens is 1370 g/mol. The second kappa shape index (κ2) is 32.5. The predicted octanol–water partition coefficient (Wildman–Crippen LogP) is 22.7. The molecule has 8 aromatic heterocycles. The van der Waals surface area contributed by atoms with Crippen molar-refractivity contribution in [2.45, 2.75) is 267 Å². The van der Waals surface area contributed by atoms with Crippen molar-refractivity contribution < 1.29 is 19.2 Å². The summed E-state index contributed by atoms with van der Waals surface area (Å²) < 4.78 is 3.10. The Morgan fingerprint density at radius 2 is 0.750 bits per heavy atom. The summed E-state index contributed by atoms with van der Waals surface area (Å²) in [6.07, 6.45) is 35.0. The number of carbonyl (C=O) groups is 4. The third kappa shape index (κ3) is 13.8. The molecule has 0 spiro atoms. The quantitative estimate of drug-likeness (QED) is 0.0218. The first-order chi connectivity index (χ1) is 46.8. The van der Waals surface area contributed by atoms with Gasteiger partial charge in [0.25, 0.3) is 23.6 Å². The van der Waals surface area contributed by atoms with E-state index in [4.69, 9.17) is 0 Å². The van der Waals surface area contributed by atoms with E-state index in [1.807, 2.05) is 63.6 Å². The minimum absolute atomic E-state index is 0.112. The van der Waals surface area contributed by atoms with Crippen LogP contribution in [0, 0.1) is 19.8 Å². The molecule has 0 saturated heterocycles. The fourth-order valence-electron chi connectivity index (χ4n) is 16.2. The van der Waals surface area contributed by atoms with Gasteiger partial charge in [-0.15, -0.1) is 90.7 Å². The number of imide groups is 2. The van der Waals surface area contributed by atoms with Gasteiger partial charge in [0.05, 0.1) is 36.9 Å². The van der Waals surface area contributed by atoms with Crippen molar-refractivity contribution in [2.24, 2.45) is 5.92 Å². The van der Waals surface area contributed by atoms with Gasteiger partial charge in [-0.1, -0.05) is 215 Å². The summed E-state index contributed by atoms with van der Waals surface area (Å²) >= 11 is 15.1. The molecular formula is C80H104N2O4S8Si2. The molecule has 8 aromatic rings. The average Bonchev–Trinajstić information content (AvgIpc) is 1.53. The maximum Gasteiger partial charge on any atom is 0.263 e. The molecule has 3 atom stereocenters. The Labute approximate surface area is 608 Å². The molecule has 96 heavy (non-hydrogen) atoms. The zero-order valence-electron chi connectivity index (χ0n) is 59.0. The summed E-state index contributed by atoms with van der Waals surface area (Å²) in [4.78, 5) is 80.9. The van der Waals surface area contributed by atoms with Crippen molar-refractivity contribution in [1.82, 2.24) is 9.80 Å². The zero-order valence-corrected chi connectivity index (χ0v) is 67.6. The van der Waals surface area contributed by atoms with Crippen LogP contribution < -0.4 is 29.7 Å². The van der Waals surface area contributed by atoms with E-state index in [9.17, 15) is 9.59 Å². The van der Waals surface area contributed by atoms with E-state index in [0.29, 0.717) is 41.3 Å². The van der Waals surface area contributed by atoms with Gasteiger partial charge in [-0.2, -0.15) is 0 Å². The van der Waals surface area contributed by atoms with Crippen LogP contribution in [0.4, 0.5) is 0 Å². The summed E-state index contributed by atoms with van der Waals surface area (Å²) in [7, 11) is -5.37. The predicted molar refractivity (Wildman–Crippen MR) is 429 cm³/mol. The molecule has 12 heterocycles. The number of unbranched alkanes of at least 4 members (excludes halogenated alkanes) is 20. The number of carbonyl (C=O) groups excluding carboxylic acids is 4. The van der Waals surface area contributed by atoms with E-state index in [0.717, 1.165) is 117 Å². The summed E-state index contributed by atoms with van der Waals surface area (Å²) in [5.74, 6) is 0.0250. The Balaban J connectivity index is 1.01. The fraction of sp³-hybridized carbons (Fsp3) is 0.550. The standard InChI is InChI=1S/C80H104N2O4S8Si2/c1-10-17-23-26-29-30-33-36-46-95(64-42-40-55(89-64)38-21-14-5)60-47-52(8)87-73(60)74-61(95)48-58(92-74)71-68-69(80(86)82(79(68)85)45-35-32-28-25-19-12-3)72(94-71)59-50-63-76(93-59)75-62(96(63,51-54(16-7)37-20-13-4)65-43-41-56(90-65)39-22-15-6)49-57(91-75)70-67-66(53(9)88-70)77(83)81(78(67)84)44-34-31-27-24-18-11-2/h40-43,47-50,54H,10-39,44-46,51H2,1-9H3. The van der Waals surface area contributed by atoms with Crippen LogP contribution in [-0.4, -0.2) is 62.7 Å². The van der Waals surface area contributed by atoms with Crippen LogP contribution in [0.1, 0.15) is 289 Å². The van der Waals surface area contributed by atoms with E-state index in [-0.39, 0.29) is 23.6 Å². The van der Waals surface area contributed by atoms with Gasteiger partial charge in [-0.05, 0) is 128 Å². The average molecular weight is 1470 g/mol. The van der Waals surface area contributed by atoms with Crippen molar-refractivity contribution in [3.05, 3.63) is 90.3 Å². The maximum absolute atomic E-state index is 15.8. The fourth-order valence-corrected chi connectivity index (χ4v) is 42.1. The van der Waals surface area contributed by atoms with Crippen LogP contribution >= 0.6 is 90.7 Å². The third-order valence-electron chi connectivity index (χ3n) is 21.5. The highest BCUT2D eigenvalue weighted by Crippen LogP contribution is 2.55. The lowest BCUT2D eigenvalue weighted by Crippen LogP contribution is -2.64. The monoisotopic (exact) mass is 1470 g/mol. The molecule has 514 valence electrons. The highest BCUT2D eigenvalue weighted by atomic mass is 32.1. The lowest BCUT2D eigenvalue weighted by Gasteiger charge is -2.32. The lowest BCUT2D eigenvalue weighted by atomic mass is 10.0. The van der Waals surface area contributed by atoms with Crippen LogP contribution in [-0.2, 0) is 12.8 Å². The number of fused-ring (bicyclic) bond motifs is 8. The summed E-state index contributed by atoms with van der Waals surface area (Å²) in [6, 6.07) is 22.4. The second-order valence-electron chi connectivity index (χ2n) is 28.4. The van der Waals surface area contributed by atoms with Gasteiger partial charge < -0.3 is 0 Å². The number of hydrogen-bond acceptors (Lipinski definition) is 12. The van der Waals surface area contributed by atoms with E-state index in [1.165, 1.54) is 176 Å². The van der Waals surface area contributed by atoms with E-state index in [1.54, 1.807) is 42.2 Å². The van der Waals surface area contributed by atoms with Gasteiger partial charge in [-0.25, -0.2) is 0 Å². The van der Waals surface area contributed by atoms with E-state index >= 15 is 9.59 Å². The van der Waals surface area contributed by atoms with Crippen LogP contribution in [0.25, 0.3) is 48.8 Å². The molecule has 12 rings (SSSR count). The number of aryl methyl sites for hydroxylation is 4. The highest BCUT2D eigenvalue weighted by Gasteiger charge is 2.55. The number of nitrogens with zero attached hydrogens (tertiary/aromatic N) is 2. The lowest BCUT2D eigenvalue weighted by molar-refractivity contribution is 0.0636.